The van der Waals surface area contributed by atoms with E-state index in [-0.39, 0.29) is 17.4 Å². The Balaban J connectivity index is 2.59. The first-order chi connectivity index (χ1) is 13.3. The summed E-state index contributed by atoms with van der Waals surface area (Å²) >= 11 is 0.999. The molecule has 2 aromatic rings. The molecule has 154 valence electrons. The summed E-state index contributed by atoms with van der Waals surface area (Å²) in [6, 6.07) is 0. The molecule has 0 aliphatic rings. The molecule has 0 saturated heterocycles. The highest BCUT2D eigenvalue weighted by Crippen LogP contribution is 2.23. The van der Waals surface area contributed by atoms with Crippen LogP contribution < -0.4 is 21.9 Å². The summed E-state index contributed by atoms with van der Waals surface area (Å²) in [5.41, 5.74) is 5.58. The molecule has 0 aliphatic heterocycles. The fourth-order valence-corrected chi connectivity index (χ4v) is 3.50. The van der Waals surface area contributed by atoms with E-state index in [0.717, 1.165) is 24.4 Å². The van der Waals surface area contributed by atoms with Crippen molar-refractivity contribution in [2.75, 3.05) is 17.2 Å². The summed E-state index contributed by atoms with van der Waals surface area (Å²) in [6.07, 6.45) is 2.82. The van der Waals surface area contributed by atoms with Gasteiger partial charge in [0.05, 0.1) is 5.69 Å². The van der Waals surface area contributed by atoms with Crippen molar-refractivity contribution >= 4 is 28.9 Å². The molecular weight excluding hydrogens is 380 g/mol. The summed E-state index contributed by atoms with van der Waals surface area (Å²) in [5, 5.41) is 3.99. The van der Waals surface area contributed by atoms with Crippen LogP contribution in [0.25, 0.3) is 0 Å². The Morgan fingerprint density at radius 3 is 2.64 bits per heavy atom. The number of nitrogens with two attached hydrogens (primary N) is 1. The first-order valence-corrected chi connectivity index (χ1v) is 10.3. The van der Waals surface area contributed by atoms with Crippen LogP contribution in [0.3, 0.4) is 0 Å². The van der Waals surface area contributed by atoms with Gasteiger partial charge in [-0.2, -0.15) is 0 Å². The lowest BCUT2D eigenvalue weighted by atomic mass is 10.1. The lowest BCUT2D eigenvalue weighted by Gasteiger charge is -2.25. The summed E-state index contributed by atoms with van der Waals surface area (Å²) in [7, 11) is 0. The molecule has 0 bridgehead atoms. The van der Waals surface area contributed by atoms with Crippen molar-refractivity contribution in [1.82, 2.24) is 19.1 Å². The molecule has 0 atom stereocenters. The van der Waals surface area contributed by atoms with Crippen molar-refractivity contribution in [3.05, 3.63) is 31.4 Å². The smallest absolute Gasteiger partial charge is 0.330 e. The standard InChI is InChI=1S/C18H28N6O3S/c1-5-7-9-24-15(19)13(16(25)20-18(24)27)23(10-8-11(3)4)17(26)14-12(6-2)21-22-28-14/h11H,5-10,19H2,1-4H3,(H,20,25,27). The molecule has 0 unspecified atom stereocenters. The van der Waals surface area contributed by atoms with E-state index in [9.17, 15) is 14.4 Å². The molecule has 10 heteroatoms. The number of carbonyl (C=O) groups is 1. The van der Waals surface area contributed by atoms with Crippen LogP contribution in [0, 0.1) is 5.92 Å². The van der Waals surface area contributed by atoms with Crippen molar-refractivity contribution in [3.63, 3.8) is 0 Å². The van der Waals surface area contributed by atoms with Gasteiger partial charge in [-0.3, -0.25) is 24.0 Å². The number of amides is 1. The van der Waals surface area contributed by atoms with Gasteiger partial charge in [-0.1, -0.05) is 38.6 Å². The molecule has 0 radical (unpaired) electrons. The van der Waals surface area contributed by atoms with Gasteiger partial charge in [0, 0.05) is 13.1 Å². The Kier molecular flexibility index (Phi) is 7.50. The monoisotopic (exact) mass is 408 g/mol. The van der Waals surface area contributed by atoms with Gasteiger partial charge in [0.15, 0.2) is 5.69 Å². The molecule has 0 spiro atoms. The highest BCUT2D eigenvalue weighted by Gasteiger charge is 2.28. The molecule has 0 aromatic carbocycles. The lowest BCUT2D eigenvalue weighted by Crippen LogP contribution is -2.42. The predicted molar refractivity (Wildman–Crippen MR) is 111 cm³/mol. The third-order valence-electron chi connectivity index (χ3n) is 4.48. The van der Waals surface area contributed by atoms with Crippen LogP contribution in [0.5, 0.6) is 0 Å². The number of rotatable bonds is 9. The van der Waals surface area contributed by atoms with E-state index < -0.39 is 11.2 Å². The van der Waals surface area contributed by atoms with Crippen LogP contribution in [0.1, 0.15) is 62.3 Å². The number of anilines is 2. The van der Waals surface area contributed by atoms with Crippen LogP contribution in [-0.2, 0) is 13.0 Å². The zero-order valence-electron chi connectivity index (χ0n) is 16.8. The topological polar surface area (TPSA) is 127 Å². The van der Waals surface area contributed by atoms with Gasteiger partial charge in [-0.25, -0.2) is 4.79 Å². The number of carbonyl (C=O) groups excluding carboxylic acids is 1. The SMILES string of the molecule is CCCCn1c(N)c(N(CCC(C)C)C(=O)c2snnc2CC)c(=O)[nH]c1=O. The second-order valence-corrected chi connectivity index (χ2v) is 7.79. The largest absolute Gasteiger partial charge is 0.383 e. The normalized spacial score (nSPS) is 11.2. The predicted octanol–water partition coefficient (Wildman–Crippen LogP) is 2.03. The highest BCUT2D eigenvalue weighted by molar-refractivity contribution is 7.08. The van der Waals surface area contributed by atoms with E-state index in [1.165, 1.54) is 9.47 Å². The molecule has 28 heavy (non-hydrogen) atoms. The number of aromatic nitrogens is 4. The molecular formula is C18H28N6O3S. The second kappa shape index (κ2) is 9.63. The van der Waals surface area contributed by atoms with Gasteiger partial charge < -0.3 is 5.73 Å². The van der Waals surface area contributed by atoms with Crippen molar-refractivity contribution in [1.29, 1.82) is 0 Å². The number of unbranched alkanes of at least 4 members (excludes halogenated alkanes) is 1. The van der Waals surface area contributed by atoms with Crippen LogP contribution in [-0.4, -0.2) is 31.6 Å². The van der Waals surface area contributed by atoms with E-state index in [1.807, 2.05) is 27.7 Å². The van der Waals surface area contributed by atoms with E-state index in [1.54, 1.807) is 0 Å². The van der Waals surface area contributed by atoms with Crippen molar-refractivity contribution in [2.24, 2.45) is 5.92 Å². The zero-order chi connectivity index (χ0) is 20.8. The average molecular weight is 409 g/mol. The number of nitrogens with zero attached hydrogens (tertiary/aromatic N) is 4. The fraction of sp³-hybridized carbons (Fsp3) is 0.611. The van der Waals surface area contributed by atoms with Gasteiger partial charge in [0.25, 0.3) is 11.5 Å². The molecule has 2 heterocycles. The van der Waals surface area contributed by atoms with Crippen molar-refractivity contribution in [2.45, 2.75) is 59.9 Å². The van der Waals surface area contributed by atoms with Crippen molar-refractivity contribution in [3.8, 4) is 0 Å². The van der Waals surface area contributed by atoms with Crippen LogP contribution in [0.2, 0.25) is 0 Å². The molecule has 0 aliphatic carbocycles. The van der Waals surface area contributed by atoms with Gasteiger partial charge in [0.2, 0.25) is 0 Å². The van der Waals surface area contributed by atoms with E-state index >= 15 is 0 Å². The number of aromatic amines is 1. The van der Waals surface area contributed by atoms with Gasteiger partial charge in [0.1, 0.15) is 10.7 Å². The molecule has 2 aromatic heterocycles. The molecule has 3 N–H and O–H groups in total. The fourth-order valence-electron chi connectivity index (χ4n) is 2.80. The maximum atomic E-state index is 13.3. The summed E-state index contributed by atoms with van der Waals surface area (Å²) in [4.78, 5) is 42.2. The highest BCUT2D eigenvalue weighted by atomic mass is 32.1. The third-order valence-corrected chi connectivity index (χ3v) is 5.24. The first-order valence-electron chi connectivity index (χ1n) is 9.57. The minimum absolute atomic E-state index is 0.00910. The molecule has 1 amide bonds. The minimum Gasteiger partial charge on any atom is -0.383 e. The Hall–Kier alpha value is -2.49. The lowest BCUT2D eigenvalue weighted by molar-refractivity contribution is 0.0988. The Morgan fingerprint density at radius 2 is 2.04 bits per heavy atom. The summed E-state index contributed by atoms with van der Waals surface area (Å²) in [6.45, 7) is 8.62. The third kappa shape index (κ3) is 4.67. The number of hydrogen-bond acceptors (Lipinski definition) is 7. The number of aryl methyl sites for hydroxylation is 1. The van der Waals surface area contributed by atoms with Crippen molar-refractivity contribution < 1.29 is 4.79 Å². The first kappa shape index (κ1) is 21.8. The van der Waals surface area contributed by atoms with E-state index in [2.05, 4.69) is 14.6 Å². The van der Waals surface area contributed by atoms with E-state index in [4.69, 9.17) is 5.73 Å². The number of nitrogen functional groups attached to an aromatic ring is 1. The quantitative estimate of drug-likeness (QED) is 0.653. The van der Waals surface area contributed by atoms with E-state index in [0.29, 0.717) is 42.4 Å². The zero-order valence-corrected chi connectivity index (χ0v) is 17.6. The maximum absolute atomic E-state index is 13.3. The Bertz CT molecular complexity index is 930. The minimum atomic E-state index is -0.664. The van der Waals surface area contributed by atoms with Gasteiger partial charge >= 0.3 is 5.69 Å². The summed E-state index contributed by atoms with van der Waals surface area (Å²) < 4.78 is 5.20. The molecule has 0 fully saturated rings. The van der Waals surface area contributed by atoms with Gasteiger partial charge in [-0.05, 0) is 36.7 Å². The average Bonchev–Trinajstić information content (AvgIpc) is 3.12. The molecule has 0 saturated carbocycles. The van der Waals surface area contributed by atoms with Gasteiger partial charge in [-0.15, -0.1) is 5.10 Å². The Labute approximate surface area is 167 Å². The van der Waals surface area contributed by atoms with Crippen LogP contribution in [0.4, 0.5) is 11.5 Å². The summed E-state index contributed by atoms with van der Waals surface area (Å²) in [5.74, 6) is -0.0490. The maximum Gasteiger partial charge on any atom is 0.330 e. The Morgan fingerprint density at radius 1 is 1.32 bits per heavy atom. The second-order valence-electron chi connectivity index (χ2n) is 7.04. The molecule has 2 rings (SSSR count). The number of hydrogen-bond donors (Lipinski definition) is 2. The van der Waals surface area contributed by atoms with Crippen LogP contribution >= 0.6 is 11.5 Å². The molecule has 9 nitrogen and oxygen atoms in total. The van der Waals surface area contributed by atoms with Crippen LogP contribution in [0.15, 0.2) is 9.59 Å². The number of nitrogens with one attached hydrogen (secondary N) is 1. The number of H-pyrrole nitrogens is 1.